The summed E-state index contributed by atoms with van der Waals surface area (Å²) >= 11 is 7.06. The quantitative estimate of drug-likeness (QED) is 0.808. The van der Waals surface area contributed by atoms with Crippen LogP contribution in [0.2, 0.25) is 4.47 Å². The molecule has 1 fully saturated rings. The molecule has 1 aliphatic rings. The van der Waals surface area contributed by atoms with E-state index < -0.39 is 11.6 Å². The molecule has 1 N–H and O–H groups in total. The topological polar surface area (TPSA) is 43.4 Å². The molecule has 0 saturated carbocycles. The SMILES string of the molecule is Fc1cc(NCc2cnc(Cl)s2)cc(F)c1OCC1CCOCC1. The fraction of sp³-hybridized carbons (Fsp3) is 0.438. The summed E-state index contributed by atoms with van der Waals surface area (Å²) in [5.74, 6) is -1.49. The Balaban J connectivity index is 1.60. The number of benzene rings is 1. The van der Waals surface area contributed by atoms with Gasteiger partial charge in [0.25, 0.3) is 0 Å². The minimum atomic E-state index is -0.716. The molecule has 0 amide bonds. The summed E-state index contributed by atoms with van der Waals surface area (Å²) in [5, 5.41) is 2.95. The molecule has 8 heteroatoms. The molecule has 0 bridgehead atoms. The van der Waals surface area contributed by atoms with Crippen LogP contribution in [-0.2, 0) is 11.3 Å². The molecule has 2 aromatic rings. The molecule has 130 valence electrons. The first-order chi connectivity index (χ1) is 11.6. The van der Waals surface area contributed by atoms with Crippen molar-refractivity contribution in [2.75, 3.05) is 25.1 Å². The van der Waals surface area contributed by atoms with Gasteiger partial charge >= 0.3 is 0 Å². The second-order valence-corrected chi connectivity index (χ2v) is 7.27. The van der Waals surface area contributed by atoms with Crippen LogP contribution in [0, 0.1) is 17.6 Å². The van der Waals surface area contributed by atoms with Gasteiger partial charge in [-0.25, -0.2) is 13.8 Å². The Morgan fingerprint density at radius 1 is 1.29 bits per heavy atom. The van der Waals surface area contributed by atoms with Crippen LogP contribution in [-0.4, -0.2) is 24.8 Å². The minimum Gasteiger partial charge on any atom is -0.487 e. The highest BCUT2D eigenvalue weighted by Gasteiger charge is 2.18. The maximum atomic E-state index is 14.1. The molecule has 24 heavy (non-hydrogen) atoms. The van der Waals surface area contributed by atoms with Gasteiger partial charge in [-0.05, 0) is 18.8 Å². The first-order valence-electron chi connectivity index (χ1n) is 7.65. The molecule has 0 atom stereocenters. The number of ether oxygens (including phenoxy) is 2. The molecule has 4 nitrogen and oxygen atoms in total. The van der Waals surface area contributed by atoms with Crippen molar-refractivity contribution in [1.29, 1.82) is 0 Å². The predicted octanol–water partition coefficient (Wildman–Crippen LogP) is 4.49. The van der Waals surface area contributed by atoms with Crippen molar-refractivity contribution < 1.29 is 18.3 Å². The van der Waals surface area contributed by atoms with Gasteiger partial charge in [0.05, 0.1) is 13.2 Å². The van der Waals surface area contributed by atoms with E-state index in [9.17, 15) is 8.78 Å². The van der Waals surface area contributed by atoms with Gasteiger partial charge in [-0.2, -0.15) is 0 Å². The largest absolute Gasteiger partial charge is 0.487 e. The van der Waals surface area contributed by atoms with E-state index in [4.69, 9.17) is 21.1 Å². The molecular formula is C16H17ClF2N2O2S. The van der Waals surface area contributed by atoms with Gasteiger partial charge in [-0.3, -0.25) is 0 Å². The van der Waals surface area contributed by atoms with E-state index in [1.807, 2.05) is 0 Å². The number of aromatic nitrogens is 1. The fourth-order valence-electron chi connectivity index (χ4n) is 2.47. The van der Waals surface area contributed by atoms with Crippen molar-refractivity contribution in [2.45, 2.75) is 19.4 Å². The van der Waals surface area contributed by atoms with Crippen molar-refractivity contribution in [2.24, 2.45) is 5.92 Å². The molecule has 1 aromatic heterocycles. The summed E-state index contributed by atoms with van der Waals surface area (Å²) in [5.41, 5.74) is 0.341. The molecular weight excluding hydrogens is 358 g/mol. The summed E-state index contributed by atoms with van der Waals surface area (Å²) in [6, 6.07) is 2.45. The smallest absolute Gasteiger partial charge is 0.190 e. The third kappa shape index (κ3) is 4.55. The zero-order valence-electron chi connectivity index (χ0n) is 12.9. The second-order valence-electron chi connectivity index (χ2n) is 5.57. The molecule has 3 rings (SSSR count). The van der Waals surface area contributed by atoms with Gasteiger partial charge in [0.15, 0.2) is 21.9 Å². The standard InChI is InChI=1S/C16H17ClF2N2O2S/c17-16-21-8-12(24-16)7-20-11-5-13(18)15(14(19)6-11)23-9-10-1-3-22-4-2-10/h5-6,8,10,20H,1-4,7,9H2. The third-order valence-electron chi connectivity index (χ3n) is 3.79. The molecule has 0 aliphatic carbocycles. The van der Waals surface area contributed by atoms with Gasteiger partial charge in [0.1, 0.15) is 0 Å². The monoisotopic (exact) mass is 374 g/mol. The maximum Gasteiger partial charge on any atom is 0.190 e. The van der Waals surface area contributed by atoms with Crippen molar-refractivity contribution >= 4 is 28.6 Å². The number of rotatable bonds is 6. The van der Waals surface area contributed by atoms with Crippen molar-refractivity contribution in [3.8, 4) is 5.75 Å². The van der Waals surface area contributed by atoms with Gasteiger partial charge in [-0.1, -0.05) is 11.6 Å². The summed E-state index contributed by atoms with van der Waals surface area (Å²) in [7, 11) is 0. The average molecular weight is 375 g/mol. The van der Waals surface area contributed by atoms with Crippen molar-refractivity contribution in [1.82, 2.24) is 4.98 Å². The van der Waals surface area contributed by atoms with E-state index in [-0.39, 0.29) is 11.7 Å². The van der Waals surface area contributed by atoms with Gasteiger partial charge in [-0.15, -0.1) is 11.3 Å². The average Bonchev–Trinajstić information content (AvgIpc) is 2.99. The van der Waals surface area contributed by atoms with Crippen molar-refractivity contribution in [3.63, 3.8) is 0 Å². The van der Waals surface area contributed by atoms with Crippen LogP contribution in [0.4, 0.5) is 14.5 Å². The zero-order valence-corrected chi connectivity index (χ0v) is 14.4. The van der Waals surface area contributed by atoms with E-state index in [2.05, 4.69) is 10.3 Å². The summed E-state index contributed by atoms with van der Waals surface area (Å²) < 4.78 is 39.3. The lowest BCUT2D eigenvalue weighted by atomic mass is 10.0. The lowest BCUT2D eigenvalue weighted by Crippen LogP contribution is -2.22. The van der Waals surface area contributed by atoms with E-state index in [0.717, 1.165) is 17.7 Å². The molecule has 1 aliphatic heterocycles. The highest BCUT2D eigenvalue weighted by atomic mass is 35.5. The second kappa shape index (κ2) is 8.09. The summed E-state index contributed by atoms with van der Waals surface area (Å²) in [6.07, 6.45) is 3.32. The maximum absolute atomic E-state index is 14.1. The predicted molar refractivity (Wildman–Crippen MR) is 89.8 cm³/mol. The molecule has 1 aromatic carbocycles. The molecule has 1 saturated heterocycles. The van der Waals surface area contributed by atoms with Crippen LogP contribution in [0.3, 0.4) is 0 Å². The number of hydrogen-bond donors (Lipinski definition) is 1. The number of thiazole rings is 1. The lowest BCUT2D eigenvalue weighted by molar-refractivity contribution is 0.0485. The first-order valence-corrected chi connectivity index (χ1v) is 8.85. The Hall–Kier alpha value is -1.44. The van der Waals surface area contributed by atoms with Crippen LogP contribution in [0.15, 0.2) is 18.3 Å². The van der Waals surface area contributed by atoms with Gasteiger partial charge in [0, 0.05) is 42.1 Å². The molecule has 0 unspecified atom stereocenters. The van der Waals surface area contributed by atoms with Gasteiger partial charge < -0.3 is 14.8 Å². The number of anilines is 1. The third-order valence-corrected chi connectivity index (χ3v) is 4.91. The van der Waals surface area contributed by atoms with Crippen molar-refractivity contribution in [3.05, 3.63) is 39.3 Å². The lowest BCUT2D eigenvalue weighted by Gasteiger charge is -2.22. The Morgan fingerprint density at radius 3 is 2.62 bits per heavy atom. The first kappa shape index (κ1) is 17.4. The molecule has 2 heterocycles. The molecule has 0 radical (unpaired) electrons. The van der Waals surface area contributed by atoms with E-state index in [1.165, 1.54) is 23.5 Å². The highest BCUT2D eigenvalue weighted by molar-refractivity contribution is 7.15. The van der Waals surface area contributed by atoms with Crippen LogP contribution in [0.25, 0.3) is 0 Å². The Labute approximate surface area is 147 Å². The Bertz CT molecular complexity index is 669. The fourth-order valence-corrected chi connectivity index (χ4v) is 3.39. The normalized spacial score (nSPS) is 15.5. The van der Waals surface area contributed by atoms with Crippen LogP contribution in [0.1, 0.15) is 17.7 Å². The number of hydrogen-bond acceptors (Lipinski definition) is 5. The van der Waals surface area contributed by atoms with Crippen LogP contribution < -0.4 is 10.1 Å². The van der Waals surface area contributed by atoms with Crippen LogP contribution >= 0.6 is 22.9 Å². The Morgan fingerprint density at radius 2 is 2.00 bits per heavy atom. The summed E-state index contributed by atoms with van der Waals surface area (Å²) in [4.78, 5) is 4.79. The van der Waals surface area contributed by atoms with E-state index in [0.29, 0.717) is 36.5 Å². The number of nitrogens with one attached hydrogen (secondary N) is 1. The Kier molecular flexibility index (Phi) is 5.86. The summed E-state index contributed by atoms with van der Waals surface area (Å²) in [6.45, 7) is 2.03. The van der Waals surface area contributed by atoms with E-state index >= 15 is 0 Å². The molecule has 0 spiro atoms. The number of nitrogens with zero attached hydrogens (tertiary/aromatic N) is 1. The zero-order chi connectivity index (χ0) is 16.9. The number of halogens is 3. The van der Waals surface area contributed by atoms with E-state index in [1.54, 1.807) is 6.20 Å². The highest BCUT2D eigenvalue weighted by Crippen LogP contribution is 2.28. The minimum absolute atomic E-state index is 0.270. The van der Waals surface area contributed by atoms with Gasteiger partial charge in [0.2, 0.25) is 0 Å². The van der Waals surface area contributed by atoms with Crippen LogP contribution in [0.5, 0.6) is 5.75 Å².